The highest BCUT2D eigenvalue weighted by Gasteiger charge is 2.18. The highest BCUT2D eigenvalue weighted by Crippen LogP contribution is 2.24. The summed E-state index contributed by atoms with van der Waals surface area (Å²) in [7, 11) is 0. The number of aliphatic hydroxyl groups excluding tert-OH is 1. The number of benzene rings is 2. The van der Waals surface area contributed by atoms with Gasteiger partial charge in [0.1, 0.15) is 12.1 Å². The van der Waals surface area contributed by atoms with Gasteiger partial charge in [-0.15, -0.1) is 0 Å². The summed E-state index contributed by atoms with van der Waals surface area (Å²) < 4.78 is 0. The van der Waals surface area contributed by atoms with E-state index in [0.717, 1.165) is 48.7 Å². The second kappa shape index (κ2) is 8.19. The maximum absolute atomic E-state index is 12.6. The molecule has 2 aromatic carbocycles. The Kier molecular flexibility index (Phi) is 5.30. The fraction of sp³-hybridized carbons (Fsp3) is 0.227. The van der Waals surface area contributed by atoms with Gasteiger partial charge in [0.05, 0.1) is 11.8 Å². The molecular formula is C22H22N4O2. The molecule has 142 valence electrons. The van der Waals surface area contributed by atoms with E-state index in [1.54, 1.807) is 12.4 Å². The Morgan fingerprint density at radius 2 is 1.79 bits per heavy atom. The van der Waals surface area contributed by atoms with Crippen molar-refractivity contribution in [3.63, 3.8) is 0 Å². The van der Waals surface area contributed by atoms with E-state index in [4.69, 9.17) is 0 Å². The summed E-state index contributed by atoms with van der Waals surface area (Å²) in [6.07, 6.45) is 2.81. The maximum Gasteiger partial charge on any atom is 0.255 e. The van der Waals surface area contributed by atoms with Gasteiger partial charge < -0.3 is 15.3 Å². The molecule has 1 aliphatic rings. The number of aliphatic hydroxyl groups is 1. The molecule has 0 radical (unpaired) electrons. The number of piperidine rings is 1. The smallest absolute Gasteiger partial charge is 0.255 e. The minimum Gasteiger partial charge on any atom is -0.393 e. The predicted molar refractivity (Wildman–Crippen MR) is 109 cm³/mol. The molecular weight excluding hydrogens is 352 g/mol. The van der Waals surface area contributed by atoms with Crippen LogP contribution in [0.15, 0.2) is 67.0 Å². The number of hydrogen-bond donors (Lipinski definition) is 2. The molecule has 4 rings (SSSR count). The van der Waals surface area contributed by atoms with Crippen LogP contribution >= 0.6 is 0 Å². The summed E-state index contributed by atoms with van der Waals surface area (Å²) in [6.45, 7) is 1.55. The van der Waals surface area contributed by atoms with Crippen molar-refractivity contribution in [1.82, 2.24) is 9.97 Å². The van der Waals surface area contributed by atoms with Gasteiger partial charge in [0.2, 0.25) is 0 Å². The first-order valence-corrected chi connectivity index (χ1v) is 9.41. The van der Waals surface area contributed by atoms with E-state index in [2.05, 4.69) is 20.2 Å². The van der Waals surface area contributed by atoms with E-state index in [9.17, 15) is 9.90 Å². The van der Waals surface area contributed by atoms with Crippen molar-refractivity contribution in [2.45, 2.75) is 18.9 Å². The van der Waals surface area contributed by atoms with Crippen LogP contribution in [0.2, 0.25) is 0 Å². The van der Waals surface area contributed by atoms with Gasteiger partial charge in [-0.1, -0.05) is 30.3 Å². The van der Waals surface area contributed by atoms with Gasteiger partial charge in [0.25, 0.3) is 5.91 Å². The molecule has 2 heterocycles. The van der Waals surface area contributed by atoms with E-state index >= 15 is 0 Å². The number of rotatable bonds is 4. The Labute approximate surface area is 163 Å². The monoisotopic (exact) mass is 374 g/mol. The van der Waals surface area contributed by atoms with E-state index in [0.29, 0.717) is 5.56 Å². The van der Waals surface area contributed by atoms with Crippen LogP contribution in [-0.4, -0.2) is 40.2 Å². The van der Waals surface area contributed by atoms with E-state index in [-0.39, 0.29) is 12.0 Å². The Hall–Kier alpha value is -3.25. The number of anilines is 2. The van der Waals surface area contributed by atoms with Crippen LogP contribution in [0.3, 0.4) is 0 Å². The molecule has 6 nitrogen and oxygen atoms in total. The number of nitrogens with zero attached hydrogens (tertiary/aromatic N) is 3. The molecule has 1 aromatic heterocycles. The normalized spacial score (nSPS) is 14.7. The second-order valence-corrected chi connectivity index (χ2v) is 6.88. The Balaban J connectivity index is 1.54. The van der Waals surface area contributed by atoms with Gasteiger partial charge in [-0.25, -0.2) is 9.97 Å². The standard InChI is InChI=1S/C22H22N4O2/c27-19-9-11-26(12-10-19)21-14-20(23-15-24-21)16-5-4-6-17(13-16)22(28)25-18-7-2-1-3-8-18/h1-8,13-15,19,27H,9-12H2,(H,25,28). The Bertz CT molecular complexity index is 954. The van der Waals surface area contributed by atoms with Crippen molar-refractivity contribution >= 4 is 17.4 Å². The average molecular weight is 374 g/mol. The lowest BCUT2D eigenvalue weighted by Gasteiger charge is -2.30. The van der Waals surface area contributed by atoms with Crippen molar-refractivity contribution < 1.29 is 9.90 Å². The van der Waals surface area contributed by atoms with Crippen LogP contribution in [0.1, 0.15) is 23.2 Å². The number of aromatic nitrogens is 2. The molecule has 0 aliphatic carbocycles. The van der Waals surface area contributed by atoms with Gasteiger partial charge in [0.15, 0.2) is 0 Å². The highest BCUT2D eigenvalue weighted by molar-refractivity contribution is 6.04. The molecule has 0 spiro atoms. The summed E-state index contributed by atoms with van der Waals surface area (Å²) >= 11 is 0. The van der Waals surface area contributed by atoms with Gasteiger partial charge in [-0.3, -0.25) is 4.79 Å². The van der Waals surface area contributed by atoms with Gasteiger partial charge >= 0.3 is 0 Å². The first-order valence-electron chi connectivity index (χ1n) is 9.41. The zero-order chi connectivity index (χ0) is 19.3. The number of carbonyl (C=O) groups is 1. The van der Waals surface area contributed by atoms with Crippen molar-refractivity contribution in [1.29, 1.82) is 0 Å². The van der Waals surface area contributed by atoms with Crippen molar-refractivity contribution in [2.24, 2.45) is 0 Å². The molecule has 3 aromatic rings. The Morgan fingerprint density at radius 3 is 2.57 bits per heavy atom. The molecule has 0 bridgehead atoms. The molecule has 6 heteroatoms. The topological polar surface area (TPSA) is 78.4 Å². The van der Waals surface area contributed by atoms with Gasteiger partial charge in [-0.2, -0.15) is 0 Å². The lowest BCUT2D eigenvalue weighted by Crippen LogP contribution is -2.36. The number of amides is 1. The lowest BCUT2D eigenvalue weighted by molar-refractivity contribution is 0.102. The van der Waals surface area contributed by atoms with Gasteiger partial charge in [0, 0.05) is 36.0 Å². The molecule has 1 aliphatic heterocycles. The fourth-order valence-corrected chi connectivity index (χ4v) is 3.32. The molecule has 0 unspecified atom stereocenters. The third-order valence-corrected chi connectivity index (χ3v) is 4.89. The van der Waals surface area contributed by atoms with Crippen LogP contribution in [0.25, 0.3) is 11.3 Å². The third kappa shape index (κ3) is 4.18. The summed E-state index contributed by atoms with van der Waals surface area (Å²) in [5.41, 5.74) is 2.96. The Morgan fingerprint density at radius 1 is 1.00 bits per heavy atom. The number of nitrogens with one attached hydrogen (secondary N) is 1. The van der Waals surface area contributed by atoms with E-state index < -0.39 is 0 Å². The lowest BCUT2D eigenvalue weighted by atomic mass is 10.1. The number of hydrogen-bond acceptors (Lipinski definition) is 5. The second-order valence-electron chi connectivity index (χ2n) is 6.88. The summed E-state index contributed by atoms with van der Waals surface area (Å²) in [5.74, 6) is 0.684. The van der Waals surface area contributed by atoms with E-state index in [1.807, 2.05) is 54.6 Å². The zero-order valence-electron chi connectivity index (χ0n) is 15.5. The summed E-state index contributed by atoms with van der Waals surface area (Å²) in [6, 6.07) is 18.7. The average Bonchev–Trinajstić information content (AvgIpc) is 2.75. The first kappa shape index (κ1) is 18.1. The zero-order valence-corrected chi connectivity index (χ0v) is 15.5. The minimum absolute atomic E-state index is 0.160. The highest BCUT2D eigenvalue weighted by atomic mass is 16.3. The van der Waals surface area contributed by atoms with Crippen LogP contribution < -0.4 is 10.2 Å². The molecule has 28 heavy (non-hydrogen) atoms. The SMILES string of the molecule is O=C(Nc1ccccc1)c1cccc(-c2cc(N3CCC(O)CC3)ncn2)c1. The minimum atomic E-state index is -0.225. The molecule has 0 atom stereocenters. The van der Waals surface area contributed by atoms with Crippen molar-refractivity contribution in [2.75, 3.05) is 23.3 Å². The molecule has 0 saturated carbocycles. The maximum atomic E-state index is 12.6. The van der Waals surface area contributed by atoms with Crippen LogP contribution in [-0.2, 0) is 0 Å². The quantitative estimate of drug-likeness (QED) is 0.732. The van der Waals surface area contributed by atoms with Crippen molar-refractivity contribution in [3.8, 4) is 11.3 Å². The first-order chi connectivity index (χ1) is 13.7. The predicted octanol–water partition coefficient (Wildman–Crippen LogP) is 3.36. The third-order valence-electron chi connectivity index (χ3n) is 4.89. The van der Waals surface area contributed by atoms with Gasteiger partial charge in [-0.05, 0) is 37.1 Å². The fourth-order valence-electron chi connectivity index (χ4n) is 3.32. The number of para-hydroxylation sites is 1. The molecule has 2 N–H and O–H groups in total. The van der Waals surface area contributed by atoms with E-state index in [1.165, 1.54) is 0 Å². The molecule has 1 saturated heterocycles. The summed E-state index contributed by atoms with van der Waals surface area (Å²) in [4.78, 5) is 23.5. The molecule has 1 fully saturated rings. The van der Waals surface area contributed by atoms with Crippen LogP contribution in [0.5, 0.6) is 0 Å². The van der Waals surface area contributed by atoms with Crippen LogP contribution in [0, 0.1) is 0 Å². The van der Waals surface area contributed by atoms with Crippen LogP contribution in [0.4, 0.5) is 11.5 Å². The molecule has 1 amide bonds. The largest absolute Gasteiger partial charge is 0.393 e. The van der Waals surface area contributed by atoms with Crippen molar-refractivity contribution in [3.05, 3.63) is 72.6 Å². The number of carbonyl (C=O) groups excluding carboxylic acids is 1. The summed E-state index contributed by atoms with van der Waals surface area (Å²) in [5, 5.41) is 12.6.